The van der Waals surface area contributed by atoms with Crippen LogP contribution in [0, 0.1) is 35.5 Å². The minimum atomic E-state index is -2.47. The summed E-state index contributed by atoms with van der Waals surface area (Å²) in [7, 11) is 4.55. The molecule has 3 aromatic heterocycles. The Hall–Kier alpha value is -8.36. The highest BCUT2D eigenvalue weighted by molar-refractivity contribution is 6.39. The second-order valence-corrected chi connectivity index (χ2v) is 34.4. The molecule has 4 aliphatic heterocycles. The molecule has 1 aliphatic carbocycles. The van der Waals surface area contributed by atoms with E-state index in [1.807, 2.05) is 79.8 Å². The van der Waals surface area contributed by atoms with Gasteiger partial charge in [-0.05, 0) is 155 Å². The molecule has 3 fully saturated rings. The molecular formula is C94H137N9O24. The summed E-state index contributed by atoms with van der Waals surface area (Å²) in [4.78, 5) is 100. The van der Waals surface area contributed by atoms with Crippen LogP contribution in [-0.2, 0) is 115 Å². The Morgan fingerprint density at radius 1 is 0.693 bits per heavy atom. The van der Waals surface area contributed by atoms with Gasteiger partial charge in [0.1, 0.15) is 53.8 Å². The number of allylic oxidation sites excluding steroid dienone is 5. The van der Waals surface area contributed by atoms with Crippen LogP contribution in [0.4, 0.5) is 11.8 Å². The van der Waals surface area contributed by atoms with Crippen molar-refractivity contribution in [1.29, 1.82) is 0 Å². The van der Waals surface area contributed by atoms with Crippen LogP contribution in [0.2, 0.25) is 0 Å². The number of ketones is 2. The van der Waals surface area contributed by atoms with Gasteiger partial charge >= 0.3 is 11.9 Å². The number of aliphatic hydroxyl groups is 3. The van der Waals surface area contributed by atoms with E-state index in [0.717, 1.165) is 28.7 Å². The molecule has 7 heterocycles. The molecule has 5 aliphatic rings. The lowest BCUT2D eigenvalue weighted by Gasteiger charge is -2.42. The molecule has 702 valence electrons. The molecule has 10 rings (SSSR count). The highest BCUT2D eigenvalue weighted by atomic mass is 16.6. The van der Waals surface area contributed by atoms with E-state index in [9.17, 15) is 44.1 Å². The van der Waals surface area contributed by atoms with Gasteiger partial charge in [0, 0.05) is 90.2 Å². The van der Waals surface area contributed by atoms with Gasteiger partial charge < -0.3 is 107 Å². The molecule has 2 saturated heterocycles. The third-order valence-electron chi connectivity index (χ3n) is 24.9. The predicted octanol–water partition coefficient (Wildman–Crippen LogP) is 9.57. The number of carbonyl (C=O) groups is 6. The number of ether oxygens (including phenoxy) is 14. The number of piperidine rings is 1. The number of Topliss-reactive ketones (excluding diaryl/α,β-unsaturated/α-hetero) is 2. The molecule has 0 spiro atoms. The van der Waals surface area contributed by atoms with Crippen LogP contribution >= 0.6 is 0 Å². The van der Waals surface area contributed by atoms with Crippen molar-refractivity contribution >= 4 is 69.3 Å². The molecule has 0 radical (unpaired) electrons. The first-order valence-electron chi connectivity index (χ1n) is 45.2. The molecule has 5 aromatic rings. The highest BCUT2D eigenvalue weighted by Gasteiger charge is 2.53. The zero-order chi connectivity index (χ0) is 90.9. The molecule has 0 unspecified atom stereocenters. The number of hydrogen-bond acceptors (Lipinski definition) is 30. The van der Waals surface area contributed by atoms with Gasteiger partial charge in [-0.15, -0.1) is 0 Å². The van der Waals surface area contributed by atoms with Crippen LogP contribution in [0.15, 0.2) is 94.7 Å². The lowest BCUT2D eigenvalue weighted by molar-refractivity contribution is -0.265. The normalized spacial score (nSPS) is 27.1. The molecule has 7 N–H and O–H groups in total. The number of oxazole rings is 1. The zero-order valence-electron chi connectivity index (χ0n) is 75.8. The minimum Gasteiger partial charge on any atom is -0.460 e. The number of fused-ring (bicyclic) bond motifs is 6. The zero-order valence-corrected chi connectivity index (χ0v) is 75.8. The number of anilines is 2. The molecule has 2 bridgehead atoms. The van der Waals surface area contributed by atoms with E-state index >= 15 is 0 Å². The van der Waals surface area contributed by atoms with E-state index in [1.54, 1.807) is 47.1 Å². The van der Waals surface area contributed by atoms with Crippen molar-refractivity contribution in [2.24, 2.45) is 35.5 Å². The number of amides is 2. The van der Waals surface area contributed by atoms with Gasteiger partial charge in [-0.3, -0.25) is 24.0 Å². The van der Waals surface area contributed by atoms with E-state index in [1.165, 1.54) is 23.9 Å². The predicted molar refractivity (Wildman–Crippen MR) is 472 cm³/mol. The van der Waals surface area contributed by atoms with Crippen molar-refractivity contribution < 1.29 is 115 Å². The van der Waals surface area contributed by atoms with Crippen molar-refractivity contribution in [3.05, 3.63) is 107 Å². The monoisotopic (exact) mass is 1780 g/mol. The van der Waals surface area contributed by atoms with Crippen LogP contribution in [0.5, 0.6) is 0 Å². The summed E-state index contributed by atoms with van der Waals surface area (Å²) in [6.45, 7) is 20.6. The van der Waals surface area contributed by atoms with E-state index in [2.05, 4.69) is 33.2 Å². The number of hydrogen-bond donors (Lipinski definition) is 5. The summed E-state index contributed by atoms with van der Waals surface area (Å²) in [5, 5.41) is 41.7. The number of cyclic esters (lactones) is 1. The maximum atomic E-state index is 14.7. The number of nitrogens with zero attached hydrogens (tertiary/aromatic N) is 7. The first-order chi connectivity index (χ1) is 61.3. The Bertz CT molecular complexity index is 4460. The van der Waals surface area contributed by atoms with Crippen molar-refractivity contribution in [2.45, 2.75) is 225 Å². The number of methoxy groups -OCH3 is 3. The van der Waals surface area contributed by atoms with E-state index in [0.29, 0.717) is 235 Å². The Balaban J connectivity index is 0.542. The quantitative estimate of drug-likeness (QED) is 0.0105. The Morgan fingerprint density at radius 3 is 2.04 bits per heavy atom. The molecule has 2 amide bonds. The molecular weight excluding hydrogens is 1640 g/mol. The number of carbonyl (C=O) groups excluding carboxylic acids is 6. The molecule has 1 saturated carbocycles. The van der Waals surface area contributed by atoms with E-state index < -0.39 is 90.0 Å². The second kappa shape index (κ2) is 51.3. The Morgan fingerprint density at radius 2 is 1.37 bits per heavy atom. The van der Waals surface area contributed by atoms with Gasteiger partial charge in [0.05, 0.1) is 142 Å². The summed E-state index contributed by atoms with van der Waals surface area (Å²) in [6.07, 6.45) is 13.1. The molecule has 33 heteroatoms. The summed E-state index contributed by atoms with van der Waals surface area (Å²) in [6, 6.07) is 10.7. The van der Waals surface area contributed by atoms with Crippen molar-refractivity contribution in [2.75, 3.05) is 152 Å². The number of nitrogens with two attached hydrogens (primary N) is 2. The first-order valence-corrected chi connectivity index (χ1v) is 45.2. The van der Waals surface area contributed by atoms with Gasteiger partial charge in [0.15, 0.2) is 17.0 Å². The number of esters is 2. The summed E-state index contributed by atoms with van der Waals surface area (Å²) in [5.74, 6) is -7.88. The standard InChI is InChI=1S/C94H137N9O24/c1-60-17-12-11-13-18-61(2)78(113-8)55-72-26-21-66(7)94(112,127-72)88(109)91(110)102-31-15-14-19-74(102)92(111)125-79(63(4)50-65(6)86(108)87(115-10)85(107)64(5)49-60)56-75(104)62(3)51-67-23-27-77(80(53-67)114-9)124-82(106)20-16-33-116-35-37-118-39-41-120-43-45-122-47-48-123-46-44-121-42-40-119-38-36-117-34-30-81(105)101-32-29-69-52-68(22-24-71(69)58-101)57-103-90-83(89(95)97-59-98-90)84(100-103)70-25-28-76-73(54-70)99-93(96)126-76/h11-13,17-18,22,24-25,28,50,52,54,59-60,62-64,66-67,72,74-75,77-80,86-87,104,108,112H,14-16,19-21,23,26-27,29-49,51,53,55-58H2,1-10H3,(H2,96,99)(H2,95,97,98)/b13-11+,17-12+,61-18+,65-50+/t60-,62-,63-,64-,66-,67+,72+,74+,75+,77-,78+,79-,80-,86-,87+,94-/m1/s1. The Labute approximate surface area is 745 Å². The minimum absolute atomic E-state index is 0.00945. The molecule has 16 atom stereocenters. The van der Waals surface area contributed by atoms with E-state index in [4.69, 9.17) is 87.3 Å². The van der Waals surface area contributed by atoms with Crippen LogP contribution in [-0.4, -0.2) is 286 Å². The molecule has 2 aromatic carbocycles. The fourth-order valence-electron chi connectivity index (χ4n) is 17.4. The molecule has 127 heavy (non-hydrogen) atoms. The fourth-order valence-corrected chi connectivity index (χ4v) is 17.4. The number of aliphatic hydroxyl groups excluding tert-OH is 2. The number of aromatic nitrogens is 5. The lowest BCUT2D eigenvalue weighted by atomic mass is 9.78. The van der Waals surface area contributed by atoms with E-state index in [-0.39, 0.29) is 79.8 Å². The van der Waals surface area contributed by atoms with Crippen LogP contribution in [0.1, 0.15) is 161 Å². The maximum Gasteiger partial charge on any atom is 0.329 e. The number of nitrogen functional groups attached to an aromatic ring is 2. The lowest BCUT2D eigenvalue weighted by Crippen LogP contribution is -2.61. The smallest absolute Gasteiger partial charge is 0.329 e. The van der Waals surface area contributed by atoms with Gasteiger partial charge in [0.2, 0.25) is 11.7 Å². The second-order valence-electron chi connectivity index (χ2n) is 34.4. The van der Waals surface area contributed by atoms with Gasteiger partial charge in [-0.2, -0.15) is 10.1 Å². The highest BCUT2D eigenvalue weighted by Crippen LogP contribution is 2.40. The van der Waals surface area contributed by atoms with Crippen LogP contribution in [0.3, 0.4) is 0 Å². The largest absolute Gasteiger partial charge is 0.460 e. The van der Waals surface area contributed by atoms with Crippen molar-refractivity contribution in [3.8, 4) is 11.3 Å². The maximum absolute atomic E-state index is 14.7. The third-order valence-corrected chi connectivity index (χ3v) is 24.9. The first kappa shape index (κ1) is 101. The Kier molecular flexibility index (Phi) is 40.7. The summed E-state index contributed by atoms with van der Waals surface area (Å²) >= 11 is 0. The van der Waals surface area contributed by atoms with Crippen molar-refractivity contribution in [1.82, 2.24) is 34.5 Å². The number of benzene rings is 2. The molecule has 33 nitrogen and oxygen atoms in total. The fraction of sp³-hybridized carbons (Fsp3) is 0.660. The summed E-state index contributed by atoms with van der Waals surface area (Å²) in [5.41, 5.74) is 20.0. The van der Waals surface area contributed by atoms with Crippen molar-refractivity contribution in [3.63, 3.8) is 0 Å². The SMILES string of the molecule is CO[C@H]1C[C@@H]2CC[C@@H](C)[C@@](O)(O2)C(=O)C(=O)N2CCCC[C@H]2C(=O)O[C@H](C[C@H](O)[C@H](C)C[C@@H]2CC[C@@H](OC(=O)CCCOCCOCCOCCOCCOCCOCCOCCOCCC(=O)N3CCc4cc(Cn5nc(-c6ccc7oc(N)nc7c6)c6c(N)ncnc65)ccc4C3)[C@H](OC)C2)[C@H](C)/C=C(\C)[C@@H](O)[C@@H](OC)C(=O)[C@H](C)C[C@H](C)/C=C/C=C/C=C/1C. The topological polar surface area (TPSA) is 420 Å². The summed E-state index contributed by atoms with van der Waals surface area (Å²) < 4.78 is 88.5. The van der Waals surface area contributed by atoms with Crippen LogP contribution in [0.25, 0.3) is 33.4 Å². The van der Waals surface area contributed by atoms with Gasteiger partial charge in [-0.1, -0.05) is 89.3 Å². The number of rotatable bonds is 40. The van der Waals surface area contributed by atoms with Crippen LogP contribution < -0.4 is 11.5 Å². The average molecular weight is 1780 g/mol. The third kappa shape index (κ3) is 29.6. The van der Waals surface area contributed by atoms with Gasteiger partial charge in [-0.25, -0.2) is 19.4 Å². The average Bonchev–Trinajstić information content (AvgIpc) is 0.960. The van der Waals surface area contributed by atoms with Gasteiger partial charge in [0.25, 0.3) is 17.7 Å².